The van der Waals surface area contributed by atoms with Crippen LogP contribution in [-0.4, -0.2) is 30.0 Å². The third-order valence-corrected chi connectivity index (χ3v) is 4.45. The second-order valence-electron chi connectivity index (χ2n) is 6.43. The molecule has 2 aromatic carbocycles. The highest BCUT2D eigenvalue weighted by molar-refractivity contribution is 5.94. The first-order valence-corrected chi connectivity index (χ1v) is 8.44. The average molecular weight is 345 g/mol. The highest BCUT2D eigenvalue weighted by atomic mass is 19.1. The maximum Gasteiger partial charge on any atom is 0.253 e. The number of amides is 1. The molecule has 3 rings (SSSR count). The van der Waals surface area contributed by atoms with Gasteiger partial charge in [0.2, 0.25) is 0 Å². The number of benzene rings is 2. The summed E-state index contributed by atoms with van der Waals surface area (Å²) in [6.45, 7) is 3.12. The molecule has 0 unspecified atom stereocenters. The van der Waals surface area contributed by atoms with E-state index in [2.05, 4.69) is 0 Å². The van der Waals surface area contributed by atoms with Gasteiger partial charge in [-0.2, -0.15) is 0 Å². The van der Waals surface area contributed by atoms with E-state index >= 15 is 0 Å². The lowest BCUT2D eigenvalue weighted by atomic mass is 10.1. The quantitative estimate of drug-likeness (QED) is 0.835. The van der Waals surface area contributed by atoms with E-state index in [1.807, 2.05) is 31.2 Å². The third kappa shape index (κ3) is 4.42. The molecule has 1 aliphatic rings. The van der Waals surface area contributed by atoms with Gasteiger partial charge in [0.05, 0.1) is 12.7 Å². The van der Waals surface area contributed by atoms with Crippen LogP contribution >= 0.6 is 0 Å². The van der Waals surface area contributed by atoms with Crippen molar-refractivity contribution in [2.75, 3.05) is 13.1 Å². The number of carbonyl (C=O) groups excluding carboxylic acids is 1. The fraction of sp³-hybridized carbons (Fsp3) is 0.350. The summed E-state index contributed by atoms with van der Waals surface area (Å²) < 4.78 is 32.6. The van der Waals surface area contributed by atoms with E-state index in [0.29, 0.717) is 18.7 Å². The molecule has 25 heavy (non-hydrogen) atoms. The topological polar surface area (TPSA) is 29.5 Å². The predicted molar refractivity (Wildman–Crippen MR) is 91.3 cm³/mol. The molecule has 0 aliphatic carbocycles. The Morgan fingerprint density at radius 1 is 1.20 bits per heavy atom. The normalized spacial score (nSPS) is 17.6. The molecule has 1 heterocycles. The highest BCUT2D eigenvalue weighted by Gasteiger charge is 2.25. The SMILES string of the molecule is Cc1ccc(C(=O)N2CCC[C@H](OCc3cc(F)ccc3F)C2)cc1. The van der Waals surface area contributed by atoms with Crippen molar-refractivity contribution in [3.8, 4) is 0 Å². The molecule has 1 fully saturated rings. The number of ether oxygens (including phenoxy) is 1. The molecule has 5 heteroatoms. The smallest absolute Gasteiger partial charge is 0.253 e. The van der Waals surface area contributed by atoms with Crippen LogP contribution < -0.4 is 0 Å². The standard InChI is InChI=1S/C20H21F2NO2/c1-14-4-6-15(7-5-14)20(24)23-10-2-3-18(12-23)25-13-16-11-17(21)8-9-19(16)22/h4-9,11,18H,2-3,10,12-13H2,1H3/t18-/m0/s1. The fourth-order valence-corrected chi connectivity index (χ4v) is 3.00. The number of halogens is 2. The van der Waals surface area contributed by atoms with Crippen molar-refractivity contribution in [2.24, 2.45) is 0 Å². The number of hydrogen-bond acceptors (Lipinski definition) is 2. The molecule has 0 radical (unpaired) electrons. The van der Waals surface area contributed by atoms with Gasteiger partial charge in [0.25, 0.3) is 5.91 Å². The summed E-state index contributed by atoms with van der Waals surface area (Å²) in [4.78, 5) is 14.4. The second-order valence-corrected chi connectivity index (χ2v) is 6.43. The molecule has 3 nitrogen and oxygen atoms in total. The molecule has 0 saturated carbocycles. The van der Waals surface area contributed by atoms with Gasteiger partial charge in [-0.15, -0.1) is 0 Å². The van der Waals surface area contributed by atoms with E-state index < -0.39 is 11.6 Å². The summed E-state index contributed by atoms with van der Waals surface area (Å²) in [5.74, 6) is -0.991. The van der Waals surface area contributed by atoms with Crippen molar-refractivity contribution in [1.29, 1.82) is 0 Å². The van der Waals surface area contributed by atoms with Crippen LogP contribution in [0.15, 0.2) is 42.5 Å². The molecular formula is C20H21F2NO2. The van der Waals surface area contributed by atoms with Gasteiger partial charge in [-0.05, 0) is 50.1 Å². The maximum absolute atomic E-state index is 13.7. The average Bonchev–Trinajstić information content (AvgIpc) is 2.63. The van der Waals surface area contributed by atoms with Gasteiger partial charge in [0, 0.05) is 24.2 Å². The van der Waals surface area contributed by atoms with E-state index in [1.165, 1.54) is 0 Å². The van der Waals surface area contributed by atoms with Gasteiger partial charge < -0.3 is 9.64 Å². The number of piperidine rings is 1. The Balaban J connectivity index is 1.60. The highest BCUT2D eigenvalue weighted by Crippen LogP contribution is 2.19. The van der Waals surface area contributed by atoms with Crippen LogP contribution in [0.1, 0.15) is 34.3 Å². The lowest BCUT2D eigenvalue weighted by molar-refractivity contribution is -0.00769. The number of likely N-dealkylation sites (tertiary alicyclic amines) is 1. The lowest BCUT2D eigenvalue weighted by Crippen LogP contribution is -2.43. The molecule has 0 spiro atoms. The molecule has 2 aromatic rings. The Morgan fingerprint density at radius 3 is 2.72 bits per heavy atom. The van der Waals surface area contributed by atoms with Crippen LogP contribution in [0.3, 0.4) is 0 Å². The first-order chi connectivity index (χ1) is 12.0. The first kappa shape index (κ1) is 17.5. The van der Waals surface area contributed by atoms with Crippen molar-refractivity contribution in [2.45, 2.75) is 32.5 Å². The Labute approximate surface area is 146 Å². The van der Waals surface area contributed by atoms with Gasteiger partial charge in [-0.1, -0.05) is 17.7 Å². The minimum absolute atomic E-state index is 0.000816. The van der Waals surface area contributed by atoms with Crippen LogP contribution in [-0.2, 0) is 11.3 Å². The Hall–Kier alpha value is -2.27. The summed E-state index contributed by atoms with van der Waals surface area (Å²) in [5.41, 5.74) is 1.96. The molecule has 132 valence electrons. The third-order valence-electron chi connectivity index (χ3n) is 4.45. The van der Waals surface area contributed by atoms with Crippen LogP contribution in [0.5, 0.6) is 0 Å². The van der Waals surface area contributed by atoms with Crippen LogP contribution in [0.4, 0.5) is 8.78 Å². The summed E-state index contributed by atoms with van der Waals surface area (Å²) in [6.07, 6.45) is 1.45. The minimum atomic E-state index is -0.486. The van der Waals surface area contributed by atoms with Crippen molar-refractivity contribution >= 4 is 5.91 Å². The van der Waals surface area contributed by atoms with Gasteiger partial charge in [0.15, 0.2) is 0 Å². The molecular weight excluding hydrogens is 324 g/mol. The second kappa shape index (κ2) is 7.74. The van der Waals surface area contributed by atoms with Gasteiger partial charge in [-0.25, -0.2) is 8.78 Å². The fourth-order valence-electron chi connectivity index (χ4n) is 3.00. The zero-order valence-corrected chi connectivity index (χ0v) is 14.2. The monoisotopic (exact) mass is 345 g/mol. The zero-order valence-electron chi connectivity index (χ0n) is 14.2. The van der Waals surface area contributed by atoms with E-state index in [9.17, 15) is 13.6 Å². The maximum atomic E-state index is 13.7. The van der Waals surface area contributed by atoms with Gasteiger partial charge >= 0.3 is 0 Å². The van der Waals surface area contributed by atoms with Crippen LogP contribution in [0, 0.1) is 18.6 Å². The molecule has 0 aromatic heterocycles. The molecule has 1 atom stereocenters. The van der Waals surface area contributed by atoms with E-state index in [-0.39, 0.29) is 24.2 Å². The Bertz CT molecular complexity index is 746. The minimum Gasteiger partial charge on any atom is -0.372 e. The number of hydrogen-bond donors (Lipinski definition) is 0. The van der Waals surface area contributed by atoms with Crippen molar-refractivity contribution in [3.05, 3.63) is 70.8 Å². The Kier molecular flexibility index (Phi) is 5.43. The summed E-state index contributed by atoms with van der Waals surface area (Å²) >= 11 is 0. The predicted octanol–water partition coefficient (Wildman–Crippen LogP) is 4.09. The number of carbonyl (C=O) groups is 1. The number of rotatable bonds is 4. The number of nitrogens with zero attached hydrogens (tertiary/aromatic N) is 1. The zero-order chi connectivity index (χ0) is 17.8. The Morgan fingerprint density at radius 2 is 1.96 bits per heavy atom. The molecule has 0 bridgehead atoms. The van der Waals surface area contributed by atoms with E-state index in [1.54, 1.807) is 4.90 Å². The van der Waals surface area contributed by atoms with E-state index in [0.717, 1.165) is 36.6 Å². The van der Waals surface area contributed by atoms with Gasteiger partial charge in [0.1, 0.15) is 11.6 Å². The molecule has 0 N–H and O–H groups in total. The summed E-state index contributed by atoms with van der Waals surface area (Å²) in [6, 6.07) is 10.8. The van der Waals surface area contributed by atoms with Crippen LogP contribution in [0.2, 0.25) is 0 Å². The van der Waals surface area contributed by atoms with Crippen LogP contribution in [0.25, 0.3) is 0 Å². The largest absolute Gasteiger partial charge is 0.372 e. The van der Waals surface area contributed by atoms with Crippen molar-refractivity contribution < 1.29 is 18.3 Å². The lowest BCUT2D eigenvalue weighted by Gasteiger charge is -2.32. The van der Waals surface area contributed by atoms with Gasteiger partial charge in [-0.3, -0.25) is 4.79 Å². The van der Waals surface area contributed by atoms with E-state index in [4.69, 9.17) is 4.74 Å². The summed E-state index contributed by atoms with van der Waals surface area (Å²) in [7, 11) is 0. The first-order valence-electron chi connectivity index (χ1n) is 8.44. The number of aryl methyl sites for hydroxylation is 1. The molecule has 1 saturated heterocycles. The molecule has 1 aliphatic heterocycles. The van der Waals surface area contributed by atoms with Crippen molar-refractivity contribution in [1.82, 2.24) is 4.90 Å². The van der Waals surface area contributed by atoms with Crippen molar-refractivity contribution in [3.63, 3.8) is 0 Å². The summed E-state index contributed by atoms with van der Waals surface area (Å²) in [5, 5.41) is 0. The molecule has 1 amide bonds.